The summed E-state index contributed by atoms with van der Waals surface area (Å²) in [7, 11) is 2.06. The zero-order valence-electron chi connectivity index (χ0n) is 11.3. The Morgan fingerprint density at radius 3 is 2.37 bits per heavy atom. The van der Waals surface area contributed by atoms with Gasteiger partial charge < -0.3 is 5.32 Å². The van der Waals surface area contributed by atoms with Crippen molar-refractivity contribution in [1.29, 1.82) is 0 Å². The summed E-state index contributed by atoms with van der Waals surface area (Å²) in [6.07, 6.45) is 5.59. The monoisotopic (exact) mass is 297 g/mol. The number of fused-ring (bicyclic) bond motifs is 3. The summed E-state index contributed by atoms with van der Waals surface area (Å²) in [5, 5.41) is 4.75. The van der Waals surface area contributed by atoms with E-state index in [0.29, 0.717) is 16.0 Å². The second kappa shape index (κ2) is 5.63. The normalized spacial score (nSPS) is 33.6. The molecule has 1 nitrogen and oxygen atoms in total. The van der Waals surface area contributed by atoms with Gasteiger partial charge in [0.15, 0.2) is 0 Å². The van der Waals surface area contributed by atoms with Gasteiger partial charge in [-0.15, -0.1) is 0 Å². The Labute approximate surface area is 125 Å². The van der Waals surface area contributed by atoms with E-state index < -0.39 is 0 Å². The minimum atomic E-state index is 0.662. The van der Waals surface area contributed by atoms with Gasteiger partial charge in [-0.25, -0.2) is 0 Å². The minimum Gasteiger partial charge on any atom is -0.319 e. The van der Waals surface area contributed by atoms with Gasteiger partial charge in [0, 0.05) is 0 Å². The number of rotatable bonds is 3. The van der Waals surface area contributed by atoms with Crippen LogP contribution in [-0.2, 0) is 0 Å². The molecule has 1 aromatic carbocycles. The van der Waals surface area contributed by atoms with Crippen LogP contribution in [0, 0.1) is 17.8 Å². The second-order valence-corrected chi connectivity index (χ2v) is 6.91. The van der Waals surface area contributed by atoms with E-state index in [1.807, 2.05) is 6.07 Å². The van der Waals surface area contributed by atoms with E-state index >= 15 is 0 Å². The van der Waals surface area contributed by atoms with Gasteiger partial charge in [-0.1, -0.05) is 29.3 Å². The Morgan fingerprint density at radius 2 is 1.74 bits per heavy atom. The molecular formula is C16H21Cl2N. The van der Waals surface area contributed by atoms with E-state index in [1.165, 1.54) is 31.2 Å². The van der Waals surface area contributed by atoms with Crippen molar-refractivity contribution in [3.8, 4) is 0 Å². The molecule has 0 saturated heterocycles. The van der Waals surface area contributed by atoms with Crippen LogP contribution in [0.5, 0.6) is 0 Å². The molecule has 3 heteroatoms. The van der Waals surface area contributed by atoms with Crippen LogP contribution in [0.2, 0.25) is 10.0 Å². The van der Waals surface area contributed by atoms with Crippen molar-refractivity contribution < 1.29 is 0 Å². The summed E-state index contributed by atoms with van der Waals surface area (Å²) in [5.74, 6) is 3.14. The standard InChI is InChI=1S/C16H21Cl2N/c1-19-9-13-10-2-4-11(5-3-10)16(13)12-6-7-14(17)15(18)8-12/h6-8,10-11,13,16,19H,2-5,9H2,1H3/t10?,11?,13-,16-/m1/s1. The highest BCUT2D eigenvalue weighted by atomic mass is 35.5. The van der Waals surface area contributed by atoms with Gasteiger partial charge >= 0.3 is 0 Å². The van der Waals surface area contributed by atoms with Gasteiger partial charge in [-0.3, -0.25) is 0 Å². The zero-order valence-corrected chi connectivity index (χ0v) is 12.8. The van der Waals surface area contributed by atoms with Crippen molar-refractivity contribution in [3.05, 3.63) is 33.8 Å². The lowest BCUT2D eigenvalue weighted by Gasteiger charge is -2.49. The lowest BCUT2D eigenvalue weighted by atomic mass is 9.57. The average molecular weight is 298 g/mol. The van der Waals surface area contributed by atoms with Crippen LogP contribution in [0.3, 0.4) is 0 Å². The second-order valence-electron chi connectivity index (χ2n) is 6.10. The van der Waals surface area contributed by atoms with Crippen molar-refractivity contribution >= 4 is 23.2 Å². The molecule has 0 spiro atoms. The van der Waals surface area contributed by atoms with E-state index in [0.717, 1.165) is 24.3 Å². The molecule has 19 heavy (non-hydrogen) atoms. The molecule has 1 aromatic rings. The summed E-state index contributed by atoms with van der Waals surface area (Å²) >= 11 is 12.3. The lowest BCUT2D eigenvalue weighted by Crippen LogP contribution is -2.42. The fourth-order valence-corrected chi connectivity index (χ4v) is 4.65. The number of hydrogen-bond acceptors (Lipinski definition) is 1. The van der Waals surface area contributed by atoms with Crippen molar-refractivity contribution in [2.24, 2.45) is 17.8 Å². The molecule has 2 atom stereocenters. The first-order valence-corrected chi connectivity index (χ1v) is 8.06. The molecule has 0 unspecified atom stereocenters. The van der Waals surface area contributed by atoms with E-state index in [-0.39, 0.29) is 0 Å². The van der Waals surface area contributed by atoms with Crippen LogP contribution in [-0.4, -0.2) is 13.6 Å². The summed E-state index contributed by atoms with van der Waals surface area (Å²) in [6, 6.07) is 6.23. The van der Waals surface area contributed by atoms with Gasteiger partial charge in [0.25, 0.3) is 0 Å². The van der Waals surface area contributed by atoms with Gasteiger partial charge in [0.1, 0.15) is 0 Å². The van der Waals surface area contributed by atoms with Crippen LogP contribution in [0.25, 0.3) is 0 Å². The third-order valence-electron chi connectivity index (χ3n) is 5.16. The van der Waals surface area contributed by atoms with Crippen molar-refractivity contribution in [3.63, 3.8) is 0 Å². The summed E-state index contributed by atoms with van der Waals surface area (Å²) < 4.78 is 0. The van der Waals surface area contributed by atoms with Crippen LogP contribution < -0.4 is 5.32 Å². The first-order valence-electron chi connectivity index (χ1n) is 7.30. The first kappa shape index (κ1) is 13.7. The highest BCUT2D eigenvalue weighted by molar-refractivity contribution is 6.42. The fraction of sp³-hybridized carbons (Fsp3) is 0.625. The van der Waals surface area contributed by atoms with Crippen LogP contribution >= 0.6 is 23.2 Å². The van der Waals surface area contributed by atoms with Crippen LogP contribution in [0.4, 0.5) is 0 Å². The molecule has 0 amide bonds. The predicted octanol–water partition coefficient (Wildman–Crippen LogP) is 4.73. The summed E-state index contributed by atoms with van der Waals surface area (Å²) in [4.78, 5) is 0. The van der Waals surface area contributed by atoms with Crippen LogP contribution in [0.15, 0.2) is 18.2 Å². The maximum Gasteiger partial charge on any atom is 0.0595 e. The van der Waals surface area contributed by atoms with E-state index in [2.05, 4.69) is 24.5 Å². The fourth-order valence-electron chi connectivity index (χ4n) is 4.34. The Bertz CT molecular complexity index is 452. The van der Waals surface area contributed by atoms with Gasteiger partial charge in [-0.2, -0.15) is 0 Å². The largest absolute Gasteiger partial charge is 0.319 e. The number of hydrogen-bond donors (Lipinski definition) is 1. The molecule has 0 heterocycles. The number of benzene rings is 1. The van der Waals surface area contributed by atoms with E-state index in [1.54, 1.807) is 0 Å². The highest BCUT2D eigenvalue weighted by Crippen LogP contribution is 2.53. The van der Waals surface area contributed by atoms with Crippen molar-refractivity contribution in [2.45, 2.75) is 31.6 Å². The molecule has 104 valence electrons. The molecule has 0 aromatic heterocycles. The summed E-state index contributed by atoms with van der Waals surface area (Å²) in [5.41, 5.74) is 1.39. The maximum absolute atomic E-state index is 6.21. The predicted molar refractivity (Wildman–Crippen MR) is 82.1 cm³/mol. The average Bonchev–Trinajstić information content (AvgIpc) is 2.44. The van der Waals surface area contributed by atoms with Crippen molar-refractivity contribution in [1.82, 2.24) is 5.32 Å². The molecule has 3 aliphatic rings. The smallest absolute Gasteiger partial charge is 0.0595 e. The lowest BCUT2D eigenvalue weighted by molar-refractivity contribution is 0.0688. The minimum absolute atomic E-state index is 0.662. The third kappa shape index (κ3) is 2.53. The topological polar surface area (TPSA) is 12.0 Å². The quantitative estimate of drug-likeness (QED) is 0.850. The molecule has 3 fully saturated rings. The van der Waals surface area contributed by atoms with E-state index in [9.17, 15) is 0 Å². The number of nitrogens with one attached hydrogen (secondary N) is 1. The highest BCUT2D eigenvalue weighted by Gasteiger charge is 2.43. The number of halogens is 2. The molecule has 3 saturated carbocycles. The SMILES string of the molecule is CNC[C@@H]1C2CCC(CC2)[C@@H]1c1ccc(Cl)c(Cl)c1. The molecule has 0 aliphatic heterocycles. The Balaban J connectivity index is 1.93. The molecule has 2 bridgehead atoms. The Morgan fingerprint density at radius 1 is 1.05 bits per heavy atom. The molecule has 3 aliphatic carbocycles. The Hall–Kier alpha value is -0.240. The van der Waals surface area contributed by atoms with Gasteiger partial charge in [0.05, 0.1) is 10.0 Å². The van der Waals surface area contributed by atoms with Crippen LogP contribution in [0.1, 0.15) is 37.2 Å². The third-order valence-corrected chi connectivity index (χ3v) is 5.90. The molecule has 1 N–H and O–H groups in total. The Kier molecular flexibility index (Phi) is 4.07. The molecular weight excluding hydrogens is 277 g/mol. The van der Waals surface area contributed by atoms with Gasteiger partial charge in [-0.05, 0) is 80.6 Å². The summed E-state index contributed by atoms with van der Waals surface area (Å²) in [6.45, 7) is 1.12. The van der Waals surface area contributed by atoms with Gasteiger partial charge in [0.2, 0.25) is 0 Å². The molecule has 4 rings (SSSR count). The van der Waals surface area contributed by atoms with E-state index in [4.69, 9.17) is 23.2 Å². The maximum atomic E-state index is 6.21. The molecule has 0 radical (unpaired) electrons. The first-order chi connectivity index (χ1) is 9.20. The van der Waals surface area contributed by atoms with Crippen molar-refractivity contribution in [2.75, 3.05) is 13.6 Å². The zero-order chi connectivity index (χ0) is 13.4.